The Hall–Kier alpha value is -3.39. The molecule has 0 radical (unpaired) electrons. The predicted octanol–water partition coefficient (Wildman–Crippen LogP) is 2.87. The summed E-state index contributed by atoms with van der Waals surface area (Å²) in [6.07, 6.45) is 5.48. The van der Waals surface area contributed by atoms with E-state index in [4.69, 9.17) is 20.7 Å². The lowest BCUT2D eigenvalue weighted by molar-refractivity contribution is 0.0973. The highest BCUT2D eigenvalue weighted by molar-refractivity contribution is 7.89. The monoisotopic (exact) mass is 455 g/mol. The Labute approximate surface area is 181 Å². The molecule has 0 aliphatic heterocycles. The Balaban J connectivity index is 1.84. The van der Waals surface area contributed by atoms with Crippen LogP contribution in [0.5, 0.6) is 5.75 Å². The van der Waals surface area contributed by atoms with E-state index in [1.54, 1.807) is 22.8 Å². The summed E-state index contributed by atoms with van der Waals surface area (Å²) in [5, 5.41) is 5.93. The number of nitrogens with two attached hydrogens (primary N) is 1. The zero-order valence-corrected chi connectivity index (χ0v) is 18.0. The Morgan fingerprint density at radius 3 is 2.84 bits per heavy atom. The van der Waals surface area contributed by atoms with Crippen molar-refractivity contribution in [2.45, 2.75) is 18.4 Å². The summed E-state index contributed by atoms with van der Waals surface area (Å²) >= 11 is 1.13. The van der Waals surface area contributed by atoms with Crippen molar-refractivity contribution in [1.82, 2.24) is 4.57 Å². The highest BCUT2D eigenvalue weighted by Crippen LogP contribution is 2.29. The number of hydrogen-bond donors (Lipinski definition) is 1. The van der Waals surface area contributed by atoms with Gasteiger partial charge < -0.3 is 13.7 Å². The molecule has 0 unspecified atom stereocenters. The highest BCUT2D eigenvalue weighted by atomic mass is 32.2. The molecule has 0 aliphatic carbocycles. The van der Waals surface area contributed by atoms with Crippen LogP contribution in [0.25, 0.3) is 21.2 Å². The second-order valence-corrected chi connectivity index (χ2v) is 9.06. The van der Waals surface area contributed by atoms with E-state index >= 15 is 0 Å². The number of carbonyl (C=O) groups excluding carboxylic acids is 1. The number of thiazole rings is 1. The number of ether oxygens (including phenoxy) is 1. The van der Waals surface area contributed by atoms with Crippen LogP contribution in [0.4, 0.5) is 0 Å². The molecule has 8 nitrogen and oxygen atoms in total. The third-order valence-corrected chi connectivity index (χ3v) is 6.40. The van der Waals surface area contributed by atoms with E-state index in [1.807, 2.05) is 19.1 Å². The molecular formula is C21H17N3O5S2. The van der Waals surface area contributed by atoms with E-state index < -0.39 is 15.9 Å². The number of carbonyl (C=O) groups is 1. The van der Waals surface area contributed by atoms with Crippen LogP contribution in [0.2, 0.25) is 0 Å². The average Bonchev–Trinajstić information content (AvgIpc) is 3.30. The van der Waals surface area contributed by atoms with Gasteiger partial charge in [0.05, 0.1) is 28.3 Å². The van der Waals surface area contributed by atoms with Gasteiger partial charge >= 0.3 is 5.91 Å². The molecule has 0 fully saturated rings. The third kappa shape index (κ3) is 3.98. The van der Waals surface area contributed by atoms with Crippen molar-refractivity contribution in [3.8, 4) is 18.1 Å². The largest absolute Gasteiger partial charge is 0.490 e. The number of para-hydroxylation sites is 1. The van der Waals surface area contributed by atoms with Gasteiger partial charge in [-0.1, -0.05) is 29.4 Å². The maximum Gasteiger partial charge on any atom is 0.315 e. The van der Waals surface area contributed by atoms with Gasteiger partial charge in [0, 0.05) is 5.39 Å². The van der Waals surface area contributed by atoms with Gasteiger partial charge in [0.15, 0.2) is 21.9 Å². The van der Waals surface area contributed by atoms with Gasteiger partial charge in [0.2, 0.25) is 10.0 Å². The number of furan rings is 1. The van der Waals surface area contributed by atoms with Crippen molar-refractivity contribution in [2.24, 2.45) is 10.1 Å². The van der Waals surface area contributed by atoms with Crippen LogP contribution in [-0.4, -0.2) is 25.5 Å². The van der Waals surface area contributed by atoms with Gasteiger partial charge in [-0.05, 0) is 37.3 Å². The molecule has 4 aromatic rings. The lowest BCUT2D eigenvalue weighted by Gasteiger charge is -2.02. The number of hydrogen-bond acceptors (Lipinski definition) is 6. The normalized spacial score (nSPS) is 12.4. The minimum absolute atomic E-state index is 0.0345. The standard InChI is InChI=1S/C21H17N3O5S2/c1-3-10-24-15-9-8-14(31(22,26)27)12-18(15)30-21(24)23-20(25)17-11-13-6-5-7-16(28-4-2)19(13)29-17/h1,5-9,11-12H,4,10H2,2H3,(H2,22,26,27). The number of amides is 1. The minimum Gasteiger partial charge on any atom is -0.490 e. The zero-order chi connectivity index (χ0) is 22.2. The van der Waals surface area contributed by atoms with E-state index in [0.717, 1.165) is 16.7 Å². The molecule has 0 spiro atoms. The molecule has 2 N–H and O–H groups in total. The summed E-state index contributed by atoms with van der Waals surface area (Å²) in [6.45, 7) is 2.47. The second-order valence-electron chi connectivity index (χ2n) is 6.48. The maximum atomic E-state index is 12.8. The Morgan fingerprint density at radius 2 is 2.13 bits per heavy atom. The van der Waals surface area contributed by atoms with Gasteiger partial charge in [-0.3, -0.25) is 4.79 Å². The predicted molar refractivity (Wildman–Crippen MR) is 117 cm³/mol. The first-order valence-corrected chi connectivity index (χ1v) is 11.5. The molecule has 0 bridgehead atoms. The second kappa shape index (κ2) is 8.03. The molecule has 31 heavy (non-hydrogen) atoms. The molecule has 1 amide bonds. The van der Waals surface area contributed by atoms with Crippen LogP contribution in [0.1, 0.15) is 17.5 Å². The van der Waals surface area contributed by atoms with E-state index in [0.29, 0.717) is 33.0 Å². The summed E-state index contributed by atoms with van der Waals surface area (Å²) in [6, 6.07) is 11.4. The van der Waals surface area contributed by atoms with Crippen LogP contribution in [0.3, 0.4) is 0 Å². The fourth-order valence-corrected chi connectivity index (χ4v) is 4.79. The summed E-state index contributed by atoms with van der Waals surface area (Å²) in [5.74, 6) is 2.52. The van der Waals surface area contributed by atoms with Crippen molar-refractivity contribution < 1.29 is 22.4 Å². The third-order valence-electron chi connectivity index (χ3n) is 4.45. The summed E-state index contributed by atoms with van der Waals surface area (Å²) < 4.78 is 36.8. The van der Waals surface area contributed by atoms with Gasteiger partial charge in [0.25, 0.3) is 0 Å². The number of benzene rings is 2. The van der Waals surface area contributed by atoms with E-state index in [1.165, 1.54) is 12.1 Å². The van der Waals surface area contributed by atoms with Crippen molar-refractivity contribution in [1.29, 1.82) is 0 Å². The summed E-state index contributed by atoms with van der Waals surface area (Å²) in [5.41, 5.74) is 1.11. The van der Waals surface area contributed by atoms with Crippen LogP contribution in [-0.2, 0) is 16.6 Å². The number of nitrogens with zero attached hydrogens (tertiary/aromatic N) is 2. The zero-order valence-electron chi connectivity index (χ0n) is 16.4. The molecule has 0 saturated carbocycles. The van der Waals surface area contributed by atoms with Gasteiger partial charge in [0.1, 0.15) is 0 Å². The molecule has 4 rings (SSSR count). The lowest BCUT2D eigenvalue weighted by Crippen LogP contribution is -2.16. The van der Waals surface area contributed by atoms with Crippen molar-refractivity contribution in [2.75, 3.05) is 6.61 Å². The number of fused-ring (bicyclic) bond motifs is 2. The van der Waals surface area contributed by atoms with E-state index in [-0.39, 0.29) is 17.2 Å². The smallest absolute Gasteiger partial charge is 0.315 e. The number of sulfonamides is 1. The molecule has 2 aromatic carbocycles. The SMILES string of the molecule is C#CCn1c(=NC(=O)c2cc3cccc(OCC)c3o2)sc2cc(S(N)(=O)=O)ccc21. The maximum absolute atomic E-state index is 12.8. The quantitative estimate of drug-likeness (QED) is 0.465. The van der Waals surface area contributed by atoms with Gasteiger partial charge in [-0.15, -0.1) is 6.42 Å². The highest BCUT2D eigenvalue weighted by Gasteiger charge is 2.17. The fourth-order valence-electron chi connectivity index (χ4n) is 3.11. The molecular weight excluding hydrogens is 438 g/mol. The first-order valence-electron chi connectivity index (χ1n) is 9.16. The van der Waals surface area contributed by atoms with Gasteiger partial charge in [-0.25, -0.2) is 13.6 Å². The Morgan fingerprint density at radius 1 is 1.32 bits per heavy atom. The van der Waals surface area contributed by atoms with Crippen LogP contribution >= 0.6 is 11.3 Å². The number of terminal acetylenes is 1. The van der Waals surface area contributed by atoms with Crippen LogP contribution in [0.15, 0.2) is 56.8 Å². The average molecular weight is 456 g/mol. The first kappa shape index (κ1) is 20.9. The molecule has 0 saturated heterocycles. The van der Waals surface area contributed by atoms with Crippen molar-refractivity contribution in [3.63, 3.8) is 0 Å². The fraction of sp³-hybridized carbons (Fsp3) is 0.143. The molecule has 2 aromatic heterocycles. The number of primary sulfonamides is 1. The molecule has 10 heteroatoms. The van der Waals surface area contributed by atoms with Crippen LogP contribution in [0, 0.1) is 12.3 Å². The molecule has 2 heterocycles. The Kier molecular flexibility index (Phi) is 5.41. The lowest BCUT2D eigenvalue weighted by atomic mass is 10.2. The van der Waals surface area contributed by atoms with E-state index in [9.17, 15) is 13.2 Å². The Bertz CT molecular complexity index is 1530. The number of rotatable bonds is 5. The summed E-state index contributed by atoms with van der Waals surface area (Å²) in [4.78, 5) is 17.3. The summed E-state index contributed by atoms with van der Waals surface area (Å²) in [7, 11) is -3.87. The minimum atomic E-state index is -3.87. The van der Waals surface area contributed by atoms with Crippen molar-refractivity contribution in [3.05, 3.63) is 53.0 Å². The van der Waals surface area contributed by atoms with Crippen molar-refractivity contribution >= 4 is 48.5 Å². The molecule has 158 valence electrons. The molecule has 0 atom stereocenters. The van der Waals surface area contributed by atoms with Gasteiger partial charge in [-0.2, -0.15) is 4.99 Å². The van der Waals surface area contributed by atoms with E-state index in [2.05, 4.69) is 10.9 Å². The number of aromatic nitrogens is 1. The topological polar surface area (TPSA) is 117 Å². The van der Waals surface area contributed by atoms with Crippen LogP contribution < -0.4 is 14.7 Å². The molecule has 0 aliphatic rings. The first-order chi connectivity index (χ1) is 14.8.